The van der Waals surface area contributed by atoms with E-state index in [0.29, 0.717) is 22.3 Å². The molecule has 1 aliphatic heterocycles. The predicted octanol–water partition coefficient (Wildman–Crippen LogP) is 3.92. The summed E-state index contributed by atoms with van der Waals surface area (Å²) < 4.78 is 11.0. The van der Waals surface area contributed by atoms with Crippen molar-refractivity contribution in [3.8, 4) is 5.75 Å². The Kier molecular flexibility index (Phi) is 6.24. The van der Waals surface area contributed by atoms with E-state index in [1.54, 1.807) is 24.5 Å². The molecule has 1 saturated heterocycles. The smallest absolute Gasteiger partial charge is 0.258 e. The SMILES string of the molecule is O=C(COc1ccc(Cl)cc1Cl)NC[C@H](c1ccco1)N1CCCC1. The van der Waals surface area contributed by atoms with Gasteiger partial charge in [0.15, 0.2) is 6.61 Å². The van der Waals surface area contributed by atoms with Crippen molar-refractivity contribution in [2.75, 3.05) is 26.2 Å². The van der Waals surface area contributed by atoms with E-state index in [-0.39, 0.29) is 18.6 Å². The minimum Gasteiger partial charge on any atom is -0.482 e. The summed E-state index contributed by atoms with van der Waals surface area (Å²) in [4.78, 5) is 14.5. The number of carbonyl (C=O) groups is 1. The number of hydrogen-bond acceptors (Lipinski definition) is 4. The first-order valence-corrected chi connectivity index (χ1v) is 9.01. The second-order valence-electron chi connectivity index (χ2n) is 5.94. The first kappa shape index (κ1) is 18.1. The second kappa shape index (κ2) is 8.61. The third-order valence-electron chi connectivity index (χ3n) is 4.20. The summed E-state index contributed by atoms with van der Waals surface area (Å²) >= 11 is 11.9. The van der Waals surface area contributed by atoms with Crippen molar-refractivity contribution in [3.05, 3.63) is 52.4 Å². The van der Waals surface area contributed by atoms with Gasteiger partial charge in [0.2, 0.25) is 0 Å². The minimum absolute atomic E-state index is 0.0422. The van der Waals surface area contributed by atoms with E-state index in [1.165, 1.54) is 12.8 Å². The highest BCUT2D eigenvalue weighted by molar-refractivity contribution is 6.35. The van der Waals surface area contributed by atoms with Crippen molar-refractivity contribution >= 4 is 29.1 Å². The molecule has 0 saturated carbocycles. The van der Waals surface area contributed by atoms with Crippen LogP contribution in [0.1, 0.15) is 24.6 Å². The highest BCUT2D eigenvalue weighted by atomic mass is 35.5. The van der Waals surface area contributed by atoms with E-state index in [0.717, 1.165) is 18.8 Å². The molecule has 134 valence electrons. The lowest BCUT2D eigenvalue weighted by Crippen LogP contribution is -2.38. The van der Waals surface area contributed by atoms with Gasteiger partial charge in [-0.15, -0.1) is 0 Å². The maximum absolute atomic E-state index is 12.1. The summed E-state index contributed by atoms with van der Waals surface area (Å²) in [6, 6.07) is 8.75. The van der Waals surface area contributed by atoms with Crippen LogP contribution in [0, 0.1) is 0 Å². The van der Waals surface area contributed by atoms with Gasteiger partial charge >= 0.3 is 0 Å². The first-order chi connectivity index (χ1) is 12.1. The number of nitrogens with zero attached hydrogens (tertiary/aromatic N) is 1. The fourth-order valence-electron chi connectivity index (χ4n) is 2.94. The van der Waals surface area contributed by atoms with Gasteiger partial charge in [-0.2, -0.15) is 0 Å². The molecule has 1 aliphatic rings. The van der Waals surface area contributed by atoms with Crippen molar-refractivity contribution in [1.29, 1.82) is 0 Å². The topological polar surface area (TPSA) is 54.7 Å². The van der Waals surface area contributed by atoms with Gasteiger partial charge in [0, 0.05) is 11.6 Å². The van der Waals surface area contributed by atoms with Crippen LogP contribution in [0.3, 0.4) is 0 Å². The number of likely N-dealkylation sites (tertiary alicyclic amines) is 1. The quantitative estimate of drug-likeness (QED) is 0.788. The van der Waals surface area contributed by atoms with E-state index in [1.807, 2.05) is 12.1 Å². The number of hydrogen-bond donors (Lipinski definition) is 1. The number of furan rings is 1. The normalized spacial score (nSPS) is 15.9. The average molecular weight is 383 g/mol. The molecule has 7 heteroatoms. The van der Waals surface area contributed by atoms with Gasteiger partial charge in [-0.3, -0.25) is 9.69 Å². The molecular weight excluding hydrogens is 363 g/mol. The summed E-state index contributed by atoms with van der Waals surface area (Å²) in [7, 11) is 0. The van der Waals surface area contributed by atoms with Crippen LogP contribution in [0.5, 0.6) is 5.75 Å². The monoisotopic (exact) mass is 382 g/mol. The van der Waals surface area contributed by atoms with Gasteiger partial charge in [-0.25, -0.2) is 0 Å². The fourth-order valence-corrected chi connectivity index (χ4v) is 3.40. The van der Waals surface area contributed by atoms with Crippen molar-refractivity contribution < 1.29 is 13.9 Å². The molecule has 2 heterocycles. The zero-order chi connectivity index (χ0) is 17.6. The van der Waals surface area contributed by atoms with Crippen LogP contribution in [-0.2, 0) is 4.79 Å². The summed E-state index contributed by atoms with van der Waals surface area (Å²) in [5, 5.41) is 3.82. The minimum atomic E-state index is -0.207. The Balaban J connectivity index is 1.53. The molecule has 0 unspecified atom stereocenters. The number of carbonyl (C=O) groups excluding carboxylic acids is 1. The summed E-state index contributed by atoms with van der Waals surface area (Å²) in [5.41, 5.74) is 0. The maximum atomic E-state index is 12.1. The number of nitrogens with one attached hydrogen (secondary N) is 1. The van der Waals surface area contributed by atoms with E-state index < -0.39 is 0 Å². The largest absolute Gasteiger partial charge is 0.482 e. The zero-order valence-electron chi connectivity index (χ0n) is 13.7. The summed E-state index contributed by atoms with van der Waals surface area (Å²) in [5.74, 6) is 1.09. The third-order valence-corrected chi connectivity index (χ3v) is 4.73. The second-order valence-corrected chi connectivity index (χ2v) is 6.79. The summed E-state index contributed by atoms with van der Waals surface area (Å²) in [6.07, 6.45) is 4.00. The van der Waals surface area contributed by atoms with E-state index >= 15 is 0 Å². The molecule has 1 fully saturated rings. The molecule has 0 spiro atoms. The van der Waals surface area contributed by atoms with Crippen LogP contribution in [0.2, 0.25) is 10.0 Å². The van der Waals surface area contributed by atoms with Gasteiger partial charge in [-0.05, 0) is 56.3 Å². The lowest BCUT2D eigenvalue weighted by molar-refractivity contribution is -0.123. The molecule has 1 amide bonds. The van der Waals surface area contributed by atoms with Gasteiger partial charge in [0.05, 0.1) is 17.3 Å². The molecule has 0 radical (unpaired) electrons. The standard InChI is InChI=1S/C18H20Cl2N2O3/c19-13-5-6-16(14(20)10-13)25-12-18(23)21-11-15(17-4-3-9-24-17)22-7-1-2-8-22/h3-6,9-10,15H,1-2,7-8,11-12H2,(H,21,23)/t15-/m1/s1. The molecule has 1 N–H and O–H groups in total. The van der Waals surface area contributed by atoms with Crippen molar-refractivity contribution in [2.45, 2.75) is 18.9 Å². The number of rotatable bonds is 7. The Hall–Kier alpha value is -1.69. The molecule has 2 aromatic rings. The lowest BCUT2D eigenvalue weighted by Gasteiger charge is -2.26. The van der Waals surface area contributed by atoms with Crippen LogP contribution >= 0.6 is 23.2 Å². The van der Waals surface area contributed by atoms with Gasteiger partial charge in [0.1, 0.15) is 11.5 Å². The highest BCUT2D eigenvalue weighted by Crippen LogP contribution is 2.27. The number of amides is 1. The molecule has 1 atom stereocenters. The van der Waals surface area contributed by atoms with Crippen LogP contribution in [0.25, 0.3) is 0 Å². The van der Waals surface area contributed by atoms with Crippen molar-refractivity contribution in [1.82, 2.24) is 10.2 Å². The molecule has 1 aromatic carbocycles. The van der Waals surface area contributed by atoms with Gasteiger partial charge in [0.25, 0.3) is 5.91 Å². The first-order valence-electron chi connectivity index (χ1n) is 8.25. The highest BCUT2D eigenvalue weighted by Gasteiger charge is 2.25. The Bertz CT molecular complexity index is 700. The van der Waals surface area contributed by atoms with Crippen molar-refractivity contribution in [3.63, 3.8) is 0 Å². The van der Waals surface area contributed by atoms with Gasteiger partial charge < -0.3 is 14.5 Å². The molecule has 0 bridgehead atoms. The molecule has 5 nitrogen and oxygen atoms in total. The lowest BCUT2D eigenvalue weighted by atomic mass is 10.2. The van der Waals surface area contributed by atoms with Crippen LogP contribution in [0.4, 0.5) is 0 Å². The van der Waals surface area contributed by atoms with E-state index in [2.05, 4.69) is 10.2 Å². The Labute approximate surface area is 156 Å². The van der Waals surface area contributed by atoms with Crippen molar-refractivity contribution in [2.24, 2.45) is 0 Å². The van der Waals surface area contributed by atoms with E-state index in [9.17, 15) is 4.79 Å². The molecule has 25 heavy (non-hydrogen) atoms. The van der Waals surface area contributed by atoms with Crippen LogP contribution in [0.15, 0.2) is 41.0 Å². The van der Waals surface area contributed by atoms with Crippen LogP contribution < -0.4 is 10.1 Å². The Morgan fingerprint density at radius 1 is 1.28 bits per heavy atom. The predicted molar refractivity (Wildman–Crippen MR) is 97.2 cm³/mol. The van der Waals surface area contributed by atoms with Crippen LogP contribution in [-0.4, -0.2) is 37.0 Å². The average Bonchev–Trinajstić information content (AvgIpc) is 3.28. The zero-order valence-corrected chi connectivity index (χ0v) is 15.2. The van der Waals surface area contributed by atoms with Gasteiger partial charge in [-0.1, -0.05) is 23.2 Å². The fraction of sp³-hybridized carbons (Fsp3) is 0.389. The molecular formula is C18H20Cl2N2O3. The molecule has 0 aliphatic carbocycles. The summed E-state index contributed by atoms with van der Waals surface area (Å²) in [6.45, 7) is 2.40. The molecule has 1 aromatic heterocycles. The number of ether oxygens (including phenoxy) is 1. The number of halogens is 2. The maximum Gasteiger partial charge on any atom is 0.258 e. The Morgan fingerprint density at radius 2 is 2.08 bits per heavy atom. The number of benzene rings is 1. The third kappa shape index (κ3) is 4.91. The van der Waals surface area contributed by atoms with E-state index in [4.69, 9.17) is 32.4 Å². The molecule has 3 rings (SSSR count). The Morgan fingerprint density at radius 3 is 2.76 bits per heavy atom.